The van der Waals surface area contributed by atoms with Crippen LogP contribution in [0.4, 0.5) is 13.2 Å². The van der Waals surface area contributed by atoms with E-state index in [0.717, 1.165) is 25.7 Å². The van der Waals surface area contributed by atoms with Crippen molar-refractivity contribution in [3.8, 4) is 0 Å². The fourth-order valence-corrected chi connectivity index (χ4v) is 5.03. The molecule has 2 aliphatic carbocycles. The summed E-state index contributed by atoms with van der Waals surface area (Å²) < 4.78 is 44.9. The van der Waals surface area contributed by atoms with Crippen LogP contribution in [0.25, 0.3) is 11.0 Å². The van der Waals surface area contributed by atoms with Crippen molar-refractivity contribution in [1.82, 2.24) is 9.55 Å². The molecule has 0 spiro atoms. The minimum Gasteiger partial charge on any atom is -0.385 e. The average Bonchev–Trinajstić information content (AvgIpc) is 2.93. The highest BCUT2D eigenvalue weighted by Gasteiger charge is 2.46. The number of fused-ring (bicyclic) bond motifs is 1. The molecule has 1 aromatic heterocycles. The van der Waals surface area contributed by atoms with Gasteiger partial charge in [0, 0.05) is 25.3 Å². The molecule has 0 saturated heterocycles. The van der Waals surface area contributed by atoms with E-state index in [1.807, 2.05) is 20.8 Å². The Morgan fingerprint density at radius 1 is 1.19 bits per heavy atom. The number of alkyl halides is 3. The summed E-state index contributed by atoms with van der Waals surface area (Å²) in [5.41, 5.74) is -1.80. The summed E-state index contributed by atoms with van der Waals surface area (Å²) in [5.74, 6) is 0.797. The lowest BCUT2D eigenvalue weighted by Crippen LogP contribution is -2.36. The summed E-state index contributed by atoms with van der Waals surface area (Å²) in [7, 11) is 0. The van der Waals surface area contributed by atoms with Gasteiger partial charge in [0.15, 0.2) is 0 Å². The van der Waals surface area contributed by atoms with Crippen LogP contribution < -0.4 is 0 Å². The van der Waals surface area contributed by atoms with E-state index in [1.165, 1.54) is 6.07 Å². The number of aryl methyl sites for hydroxylation is 1. The molecule has 0 amide bonds. The van der Waals surface area contributed by atoms with Crippen LogP contribution in [0.1, 0.15) is 102 Å². The number of hydrogen-bond donors (Lipinski definition) is 1. The monoisotopic (exact) mass is 450 g/mol. The van der Waals surface area contributed by atoms with Gasteiger partial charge in [-0.3, -0.25) is 4.79 Å². The molecule has 1 aromatic carbocycles. The molecule has 4 rings (SSSR count). The first-order chi connectivity index (χ1) is 14.9. The first-order valence-corrected chi connectivity index (χ1v) is 11.7. The number of carbonyl (C=O) groups excluding carboxylic acids is 1. The van der Waals surface area contributed by atoms with Gasteiger partial charge in [-0.1, -0.05) is 26.8 Å². The zero-order valence-corrected chi connectivity index (χ0v) is 19.2. The van der Waals surface area contributed by atoms with Crippen LogP contribution in [0.5, 0.6) is 0 Å². The quantitative estimate of drug-likeness (QED) is 0.525. The van der Waals surface area contributed by atoms with Crippen LogP contribution in [0.3, 0.4) is 0 Å². The minimum absolute atomic E-state index is 0.00680. The summed E-state index contributed by atoms with van der Waals surface area (Å²) in [5, 5.41) is 10.8. The topological polar surface area (TPSA) is 55.1 Å². The van der Waals surface area contributed by atoms with Crippen LogP contribution in [0.15, 0.2) is 12.1 Å². The van der Waals surface area contributed by atoms with Crippen molar-refractivity contribution >= 4 is 16.8 Å². The van der Waals surface area contributed by atoms with E-state index in [9.17, 15) is 23.1 Å². The normalized spacial score (nSPS) is 19.1. The predicted molar refractivity (Wildman–Crippen MR) is 117 cm³/mol. The molecule has 0 atom stereocenters. The second-order valence-electron chi connectivity index (χ2n) is 10.9. The molecular weight excluding hydrogens is 417 g/mol. The van der Waals surface area contributed by atoms with Crippen molar-refractivity contribution < 1.29 is 23.1 Å². The Balaban J connectivity index is 1.72. The number of Topliss-reactive ketones (excluding diaryl/α,β-unsaturated/α-hetero) is 1. The van der Waals surface area contributed by atoms with Crippen molar-refractivity contribution in [2.24, 2.45) is 5.41 Å². The second kappa shape index (κ2) is 8.15. The molecule has 2 aliphatic rings. The molecule has 176 valence electrons. The number of halogens is 3. The maximum absolute atomic E-state index is 14.4. The Labute approximate surface area is 187 Å². The number of hydrogen-bond acceptors (Lipinski definition) is 3. The van der Waals surface area contributed by atoms with Crippen molar-refractivity contribution in [3.05, 3.63) is 29.1 Å². The number of carbonyl (C=O) groups is 1. The van der Waals surface area contributed by atoms with Gasteiger partial charge in [-0.25, -0.2) is 4.98 Å². The summed E-state index contributed by atoms with van der Waals surface area (Å²) in [6.45, 7) is 6.06. The number of aromatic nitrogens is 2. The van der Waals surface area contributed by atoms with Crippen molar-refractivity contribution in [2.45, 2.75) is 103 Å². The summed E-state index contributed by atoms with van der Waals surface area (Å²) >= 11 is 0. The highest BCUT2D eigenvalue weighted by Crippen LogP contribution is 2.49. The van der Waals surface area contributed by atoms with Gasteiger partial charge >= 0.3 is 6.18 Å². The standard InChI is InChI=1S/C25H33F3N2O2/c1-23(2,3)15-17(31)9-5-10-20-29-19-12-11-18(24(32)13-6-14-24)21(25(26,27)28)22(19)30(20)16-7-4-8-16/h11-12,16,32H,4-10,13-15H2,1-3H3. The number of imidazole rings is 1. The number of nitrogens with zero attached hydrogens (tertiary/aromatic N) is 2. The van der Waals surface area contributed by atoms with Crippen molar-refractivity contribution in [3.63, 3.8) is 0 Å². The SMILES string of the molecule is CC(C)(C)CC(=O)CCCc1nc2ccc(C3(O)CCC3)c(C(F)(F)F)c2n1C1CCC1. The number of ketones is 1. The van der Waals surface area contributed by atoms with Crippen LogP contribution in [-0.2, 0) is 23.0 Å². The average molecular weight is 451 g/mol. The van der Waals surface area contributed by atoms with E-state index in [2.05, 4.69) is 4.98 Å². The molecule has 2 aromatic rings. The Kier molecular flexibility index (Phi) is 5.93. The highest BCUT2D eigenvalue weighted by atomic mass is 19.4. The van der Waals surface area contributed by atoms with Crippen molar-refractivity contribution in [1.29, 1.82) is 0 Å². The van der Waals surface area contributed by atoms with E-state index in [0.29, 0.717) is 49.9 Å². The van der Waals surface area contributed by atoms with E-state index in [1.54, 1.807) is 10.6 Å². The van der Waals surface area contributed by atoms with E-state index >= 15 is 0 Å². The van der Waals surface area contributed by atoms with Gasteiger partial charge < -0.3 is 9.67 Å². The van der Waals surface area contributed by atoms with Gasteiger partial charge in [-0.2, -0.15) is 13.2 Å². The van der Waals surface area contributed by atoms with Crippen LogP contribution in [0.2, 0.25) is 0 Å². The van der Waals surface area contributed by atoms with E-state index in [-0.39, 0.29) is 28.3 Å². The third-order valence-corrected chi connectivity index (χ3v) is 6.91. The van der Waals surface area contributed by atoms with Crippen molar-refractivity contribution in [2.75, 3.05) is 0 Å². The predicted octanol–water partition coefficient (Wildman–Crippen LogP) is 6.48. The largest absolute Gasteiger partial charge is 0.418 e. The van der Waals surface area contributed by atoms with Gasteiger partial charge in [0.05, 0.1) is 22.2 Å². The molecule has 1 heterocycles. The molecular formula is C25H33F3N2O2. The van der Waals surface area contributed by atoms with Gasteiger partial charge in [0.2, 0.25) is 0 Å². The molecule has 2 fully saturated rings. The summed E-state index contributed by atoms with van der Waals surface area (Å²) in [4.78, 5) is 16.9. The summed E-state index contributed by atoms with van der Waals surface area (Å²) in [6, 6.07) is 3.03. The molecule has 7 heteroatoms. The second-order valence-corrected chi connectivity index (χ2v) is 10.9. The Bertz CT molecular complexity index is 1010. The number of aliphatic hydroxyl groups is 1. The van der Waals surface area contributed by atoms with Gasteiger partial charge in [0.1, 0.15) is 11.6 Å². The molecule has 2 saturated carbocycles. The first-order valence-electron chi connectivity index (χ1n) is 11.7. The molecule has 0 radical (unpaired) electrons. The van der Waals surface area contributed by atoms with Gasteiger partial charge in [0.25, 0.3) is 0 Å². The highest BCUT2D eigenvalue weighted by molar-refractivity contribution is 5.83. The molecule has 0 aliphatic heterocycles. The first kappa shape index (κ1) is 23.3. The van der Waals surface area contributed by atoms with Crippen LogP contribution in [0, 0.1) is 5.41 Å². The lowest BCUT2D eigenvalue weighted by molar-refractivity contribution is -0.141. The van der Waals surface area contributed by atoms with Gasteiger partial charge in [-0.05, 0) is 62.0 Å². The lowest BCUT2D eigenvalue weighted by atomic mass is 9.73. The third kappa shape index (κ3) is 4.45. The fourth-order valence-electron chi connectivity index (χ4n) is 5.03. The zero-order chi connectivity index (χ0) is 23.3. The minimum atomic E-state index is -4.58. The molecule has 4 nitrogen and oxygen atoms in total. The third-order valence-electron chi connectivity index (χ3n) is 6.91. The molecule has 0 unspecified atom stereocenters. The zero-order valence-electron chi connectivity index (χ0n) is 19.2. The number of rotatable bonds is 7. The maximum atomic E-state index is 14.4. The van der Waals surface area contributed by atoms with Gasteiger partial charge in [-0.15, -0.1) is 0 Å². The van der Waals surface area contributed by atoms with E-state index in [4.69, 9.17) is 0 Å². The Morgan fingerprint density at radius 3 is 2.38 bits per heavy atom. The number of benzene rings is 1. The van der Waals surface area contributed by atoms with E-state index < -0.39 is 17.3 Å². The van der Waals surface area contributed by atoms with Crippen LogP contribution >= 0.6 is 0 Å². The fraction of sp³-hybridized carbons (Fsp3) is 0.680. The smallest absolute Gasteiger partial charge is 0.385 e. The Hall–Kier alpha value is -1.89. The lowest BCUT2D eigenvalue weighted by Gasteiger charge is -2.39. The molecule has 0 bridgehead atoms. The molecule has 32 heavy (non-hydrogen) atoms. The molecule has 1 N–H and O–H groups in total. The maximum Gasteiger partial charge on any atom is 0.418 e. The summed E-state index contributed by atoms with van der Waals surface area (Å²) in [6.07, 6.45) is 1.42. The van der Waals surface area contributed by atoms with Crippen LogP contribution in [-0.4, -0.2) is 20.4 Å². The Morgan fingerprint density at radius 2 is 1.88 bits per heavy atom.